The molecule has 1 N–H and O–H groups in total. The molecule has 2 bridgehead atoms. The summed E-state index contributed by atoms with van der Waals surface area (Å²) in [6, 6.07) is 9.60. The van der Waals surface area contributed by atoms with Crippen molar-refractivity contribution in [3.8, 4) is 22.9 Å². The molecule has 5 heterocycles. The number of hydrogen-bond acceptors (Lipinski definition) is 8. The zero-order valence-corrected chi connectivity index (χ0v) is 27.7. The molecule has 4 saturated heterocycles. The van der Waals surface area contributed by atoms with Gasteiger partial charge >= 0.3 is 12.0 Å². The molecule has 4 aromatic rings. The van der Waals surface area contributed by atoms with Crippen LogP contribution in [0.15, 0.2) is 36.4 Å². The van der Waals surface area contributed by atoms with Gasteiger partial charge in [0, 0.05) is 65.4 Å². The van der Waals surface area contributed by atoms with Crippen molar-refractivity contribution in [2.24, 2.45) is 0 Å². The van der Waals surface area contributed by atoms with Crippen molar-refractivity contribution in [1.29, 1.82) is 0 Å². The lowest BCUT2D eigenvalue weighted by atomic mass is 9.95. The van der Waals surface area contributed by atoms with Gasteiger partial charge in [-0.15, -0.1) is 0 Å². The fraction of sp³-hybridized carbons (Fsp3) is 0.472. The molecular formula is C36H37ClF3N5O3. The lowest BCUT2D eigenvalue weighted by molar-refractivity contribution is -0.134. The summed E-state index contributed by atoms with van der Waals surface area (Å²) >= 11 is 6.63. The zero-order chi connectivity index (χ0) is 33.4. The minimum Gasteiger partial charge on any atom is -0.461 e. The number of ether oxygens (including phenoxy) is 2. The second-order valence-electron chi connectivity index (χ2n) is 14.1. The second-order valence-corrected chi connectivity index (χ2v) is 14.5. The Balaban J connectivity index is 1.29. The van der Waals surface area contributed by atoms with Gasteiger partial charge in [0.25, 0.3) is 0 Å². The van der Waals surface area contributed by atoms with Gasteiger partial charge in [0.1, 0.15) is 35.7 Å². The highest BCUT2D eigenvalue weighted by Gasteiger charge is 2.49. The minimum absolute atomic E-state index is 0.0398. The Morgan fingerprint density at radius 1 is 1.17 bits per heavy atom. The van der Waals surface area contributed by atoms with Crippen LogP contribution in [0.25, 0.3) is 32.8 Å². The first-order valence-corrected chi connectivity index (χ1v) is 17.1. The van der Waals surface area contributed by atoms with E-state index in [9.17, 15) is 9.18 Å². The van der Waals surface area contributed by atoms with Crippen LogP contribution in [-0.4, -0.2) is 76.9 Å². The number of fused-ring (bicyclic) bond motifs is 5. The third kappa shape index (κ3) is 5.34. The van der Waals surface area contributed by atoms with Gasteiger partial charge < -0.3 is 19.7 Å². The second kappa shape index (κ2) is 11.7. The summed E-state index contributed by atoms with van der Waals surface area (Å²) in [7, 11) is 0. The predicted octanol–water partition coefficient (Wildman–Crippen LogP) is 6.98. The fourth-order valence-electron chi connectivity index (χ4n) is 8.48. The highest BCUT2D eigenvalue weighted by atomic mass is 35.5. The molecule has 4 atom stereocenters. The van der Waals surface area contributed by atoms with Crippen LogP contribution in [0.4, 0.5) is 19.0 Å². The van der Waals surface area contributed by atoms with E-state index in [-0.39, 0.29) is 63.4 Å². The molecule has 0 saturated carbocycles. The van der Waals surface area contributed by atoms with Gasteiger partial charge in [-0.05, 0) is 68.8 Å². The average Bonchev–Trinajstić information content (AvgIpc) is 3.67. The van der Waals surface area contributed by atoms with Crippen molar-refractivity contribution < 1.29 is 27.4 Å². The van der Waals surface area contributed by atoms with Crippen molar-refractivity contribution >= 4 is 45.1 Å². The van der Waals surface area contributed by atoms with Crippen molar-refractivity contribution in [2.45, 2.75) is 75.7 Å². The van der Waals surface area contributed by atoms with E-state index < -0.39 is 29.3 Å². The molecule has 4 fully saturated rings. The van der Waals surface area contributed by atoms with Gasteiger partial charge in [-0.25, -0.2) is 13.2 Å². The molecule has 3 aromatic carbocycles. The first-order chi connectivity index (χ1) is 23.0. The number of nitrogens with zero attached hydrogens (tertiary/aromatic N) is 4. The lowest BCUT2D eigenvalue weighted by Gasteiger charge is -2.40. The average molecular weight is 680 g/mol. The number of alkyl halides is 1. The fourth-order valence-corrected chi connectivity index (χ4v) is 8.76. The van der Waals surface area contributed by atoms with Crippen LogP contribution in [0.5, 0.6) is 11.8 Å². The highest BCUT2D eigenvalue weighted by Crippen LogP contribution is 2.44. The molecule has 1 unspecified atom stereocenters. The maximum atomic E-state index is 17.1. The summed E-state index contributed by atoms with van der Waals surface area (Å²) in [6.07, 6.45) is 3.26. The molecule has 4 aliphatic heterocycles. The van der Waals surface area contributed by atoms with Gasteiger partial charge in [-0.2, -0.15) is 9.97 Å². The van der Waals surface area contributed by atoms with Crippen LogP contribution in [0.2, 0.25) is 5.02 Å². The molecule has 12 heteroatoms. The van der Waals surface area contributed by atoms with Crippen molar-refractivity contribution in [2.75, 3.05) is 37.7 Å². The van der Waals surface area contributed by atoms with E-state index in [2.05, 4.69) is 27.0 Å². The van der Waals surface area contributed by atoms with E-state index in [0.717, 1.165) is 32.2 Å². The molecule has 252 valence electrons. The van der Waals surface area contributed by atoms with Gasteiger partial charge in [-0.3, -0.25) is 9.69 Å². The van der Waals surface area contributed by atoms with E-state index in [1.165, 1.54) is 12.1 Å². The maximum Gasteiger partial charge on any atom is 0.319 e. The molecule has 1 aromatic heterocycles. The standard InChI is InChI=1S/C36H37ClF3N5O3/c1-3-28(46)48-23-12-20-6-4-7-26(37)29(20)24(13-23)30-27(39)14-25-32(31(30)40)41-34(47-19-36-9-5-11-45(36)16-21(38)15-36)42-33(25)44-17-22-8-10-35(2,18-44)43-22/h4,6-7,12-14,21-22,43H,3,5,8-11,15-19H2,1-2H3/t21-,22?,35+,36+/m1/s1. The Labute approximate surface area is 281 Å². The van der Waals surface area contributed by atoms with E-state index in [1.807, 2.05) is 0 Å². The zero-order valence-electron chi connectivity index (χ0n) is 26.9. The number of carbonyl (C=O) groups excluding carboxylic acids is 1. The predicted molar refractivity (Wildman–Crippen MR) is 179 cm³/mol. The van der Waals surface area contributed by atoms with Gasteiger partial charge in [0.05, 0.1) is 11.1 Å². The van der Waals surface area contributed by atoms with Crippen molar-refractivity contribution in [3.63, 3.8) is 0 Å². The Kier molecular flexibility index (Phi) is 7.72. The number of hydrogen-bond donors (Lipinski definition) is 1. The Morgan fingerprint density at radius 3 is 2.83 bits per heavy atom. The minimum atomic E-state index is -0.934. The normalized spacial score (nSPS) is 26.8. The monoisotopic (exact) mass is 679 g/mol. The van der Waals surface area contributed by atoms with Gasteiger partial charge in [-0.1, -0.05) is 30.7 Å². The SMILES string of the molecule is CCC(=O)Oc1cc(-c2c(F)cc3c(N4CC5CC[C@@](C)(C4)N5)nc(OC[C@@]45CCCN4C[C@H](F)C5)nc3c2F)c2c(Cl)cccc2c1. The van der Waals surface area contributed by atoms with Crippen LogP contribution in [0, 0.1) is 11.6 Å². The first-order valence-electron chi connectivity index (χ1n) is 16.7. The van der Waals surface area contributed by atoms with Crippen molar-refractivity contribution in [3.05, 3.63) is 53.1 Å². The van der Waals surface area contributed by atoms with Crippen LogP contribution in [0.3, 0.4) is 0 Å². The number of anilines is 1. The molecule has 0 radical (unpaired) electrons. The van der Waals surface area contributed by atoms with E-state index >= 15 is 8.78 Å². The Bertz CT molecular complexity index is 1960. The number of rotatable bonds is 7. The third-order valence-corrected chi connectivity index (χ3v) is 11.0. The summed E-state index contributed by atoms with van der Waals surface area (Å²) in [4.78, 5) is 25.8. The summed E-state index contributed by atoms with van der Waals surface area (Å²) in [5.41, 5.74) is -0.959. The van der Waals surface area contributed by atoms with Gasteiger partial charge in [0.15, 0.2) is 5.82 Å². The van der Waals surface area contributed by atoms with Crippen LogP contribution in [0.1, 0.15) is 52.4 Å². The topological polar surface area (TPSA) is 79.8 Å². The summed E-state index contributed by atoms with van der Waals surface area (Å²) in [5, 5.41) is 5.14. The van der Waals surface area contributed by atoms with E-state index in [0.29, 0.717) is 42.6 Å². The number of carbonyl (C=O) groups is 1. The number of esters is 1. The molecule has 0 spiro atoms. The molecule has 0 amide bonds. The smallest absolute Gasteiger partial charge is 0.319 e. The Hall–Kier alpha value is -3.67. The quantitative estimate of drug-likeness (QED) is 0.166. The third-order valence-electron chi connectivity index (χ3n) is 10.6. The number of halogens is 4. The highest BCUT2D eigenvalue weighted by molar-refractivity contribution is 6.36. The molecular weight excluding hydrogens is 643 g/mol. The van der Waals surface area contributed by atoms with Crippen LogP contribution >= 0.6 is 11.6 Å². The molecule has 4 aliphatic rings. The molecule has 48 heavy (non-hydrogen) atoms. The number of benzene rings is 3. The van der Waals surface area contributed by atoms with Crippen LogP contribution < -0.4 is 19.7 Å². The Morgan fingerprint density at radius 2 is 2.02 bits per heavy atom. The molecule has 0 aliphatic carbocycles. The first kappa shape index (κ1) is 31.6. The number of nitrogens with one attached hydrogen (secondary N) is 1. The lowest BCUT2D eigenvalue weighted by Crippen LogP contribution is -2.58. The van der Waals surface area contributed by atoms with Crippen LogP contribution in [-0.2, 0) is 4.79 Å². The molecule has 8 nitrogen and oxygen atoms in total. The largest absolute Gasteiger partial charge is 0.461 e. The van der Waals surface area contributed by atoms with E-state index in [4.69, 9.17) is 26.1 Å². The number of piperazine rings is 1. The summed E-state index contributed by atoms with van der Waals surface area (Å²) in [5.74, 6) is -1.69. The summed E-state index contributed by atoms with van der Waals surface area (Å²) < 4.78 is 59.8. The van der Waals surface area contributed by atoms with E-state index in [1.54, 1.807) is 31.2 Å². The van der Waals surface area contributed by atoms with Crippen molar-refractivity contribution in [1.82, 2.24) is 20.2 Å². The summed E-state index contributed by atoms with van der Waals surface area (Å²) in [6.45, 7) is 6.35. The number of aromatic nitrogens is 2. The maximum absolute atomic E-state index is 17.1. The molecule has 8 rings (SSSR count). The van der Waals surface area contributed by atoms with Gasteiger partial charge in [0.2, 0.25) is 0 Å².